The van der Waals surface area contributed by atoms with Crippen LogP contribution >= 0.6 is 23.2 Å². The minimum Gasteiger partial charge on any atom is -0.507 e. The summed E-state index contributed by atoms with van der Waals surface area (Å²) in [5.41, 5.74) is -1.28. The molecule has 0 aliphatic carbocycles. The maximum absolute atomic E-state index is 13.3. The Balaban J connectivity index is 1.90. The van der Waals surface area contributed by atoms with Gasteiger partial charge in [-0.05, 0) is 42.8 Å². The van der Waals surface area contributed by atoms with Gasteiger partial charge in [0, 0.05) is 6.54 Å². The zero-order valence-corrected chi connectivity index (χ0v) is 21.7. The Morgan fingerprint density at radius 3 is 2.34 bits per heavy atom. The maximum Gasteiger partial charge on any atom is 0.416 e. The molecule has 7 nitrogen and oxygen atoms in total. The van der Waals surface area contributed by atoms with E-state index in [2.05, 4.69) is 0 Å². The van der Waals surface area contributed by atoms with Crippen LogP contribution in [0.4, 0.5) is 13.2 Å². The van der Waals surface area contributed by atoms with Crippen LogP contribution in [-0.4, -0.2) is 35.9 Å². The van der Waals surface area contributed by atoms with E-state index in [1.807, 2.05) is 0 Å². The molecular weight excluding hydrogens is 550 g/mol. The Kier molecular flexibility index (Phi) is 7.40. The van der Waals surface area contributed by atoms with Crippen molar-refractivity contribution in [2.45, 2.75) is 25.7 Å². The number of rotatable bonds is 6. The van der Waals surface area contributed by atoms with E-state index in [0.29, 0.717) is 5.76 Å². The van der Waals surface area contributed by atoms with Crippen molar-refractivity contribution in [1.29, 1.82) is 0 Å². The van der Waals surface area contributed by atoms with Gasteiger partial charge < -0.3 is 23.9 Å². The van der Waals surface area contributed by atoms with Crippen molar-refractivity contribution < 1.29 is 41.8 Å². The van der Waals surface area contributed by atoms with Crippen LogP contribution in [0.3, 0.4) is 0 Å². The van der Waals surface area contributed by atoms with Gasteiger partial charge in [-0.3, -0.25) is 9.59 Å². The number of Topliss-reactive ketones (excluding diaryl/α,β-unsaturated/α-hetero) is 1. The van der Waals surface area contributed by atoms with Crippen LogP contribution in [0.15, 0.2) is 52.5 Å². The Labute approximate surface area is 225 Å². The first-order chi connectivity index (χ1) is 17.9. The first-order valence-electron chi connectivity index (χ1n) is 11.0. The molecule has 0 spiro atoms. The van der Waals surface area contributed by atoms with E-state index in [4.69, 9.17) is 37.1 Å². The average Bonchev–Trinajstić information content (AvgIpc) is 3.39. The smallest absolute Gasteiger partial charge is 0.416 e. The number of amides is 1. The second-order valence-electron chi connectivity index (χ2n) is 8.36. The largest absolute Gasteiger partial charge is 0.507 e. The minimum absolute atomic E-state index is 0.0107. The fraction of sp³-hybridized carbons (Fsp3) is 0.231. The van der Waals surface area contributed by atoms with E-state index in [-0.39, 0.29) is 50.5 Å². The van der Waals surface area contributed by atoms with E-state index in [0.717, 1.165) is 17.0 Å². The molecule has 1 saturated heterocycles. The fourth-order valence-electron chi connectivity index (χ4n) is 4.27. The third kappa shape index (κ3) is 4.81. The normalized spacial score (nSPS) is 17.3. The van der Waals surface area contributed by atoms with E-state index < -0.39 is 35.2 Å². The number of halogens is 5. The van der Waals surface area contributed by atoms with Gasteiger partial charge in [-0.2, -0.15) is 13.2 Å². The quantitative estimate of drug-likeness (QED) is 0.205. The molecule has 38 heavy (non-hydrogen) atoms. The molecule has 1 unspecified atom stereocenters. The molecule has 1 aliphatic heterocycles. The van der Waals surface area contributed by atoms with Gasteiger partial charge in [-0.15, -0.1) is 0 Å². The molecular formula is C26H20Cl2F3NO6. The predicted octanol–water partition coefficient (Wildman–Crippen LogP) is 6.55. The number of aliphatic hydroxyl groups excluding tert-OH is 1. The molecule has 3 aromatic rings. The maximum atomic E-state index is 13.3. The number of carbonyl (C=O) groups is 2. The second kappa shape index (κ2) is 10.3. The van der Waals surface area contributed by atoms with Crippen LogP contribution in [0.1, 0.15) is 34.3 Å². The van der Waals surface area contributed by atoms with Gasteiger partial charge in [-0.25, -0.2) is 0 Å². The summed E-state index contributed by atoms with van der Waals surface area (Å²) >= 11 is 12.6. The summed E-state index contributed by atoms with van der Waals surface area (Å²) < 4.78 is 56.0. The topological polar surface area (TPSA) is 89.2 Å². The second-order valence-corrected chi connectivity index (χ2v) is 9.15. The first kappa shape index (κ1) is 27.4. The van der Waals surface area contributed by atoms with E-state index in [1.54, 1.807) is 13.0 Å². The summed E-state index contributed by atoms with van der Waals surface area (Å²) in [6.45, 7) is 1.26. The molecule has 2 aromatic carbocycles. The number of nitrogens with zero attached hydrogens (tertiary/aromatic N) is 1. The number of ketones is 1. The molecule has 1 atom stereocenters. The Morgan fingerprint density at radius 2 is 1.76 bits per heavy atom. The predicted molar refractivity (Wildman–Crippen MR) is 132 cm³/mol. The Morgan fingerprint density at radius 1 is 1.08 bits per heavy atom. The zero-order valence-electron chi connectivity index (χ0n) is 20.2. The van der Waals surface area contributed by atoms with E-state index in [9.17, 15) is 27.9 Å². The number of ether oxygens (including phenoxy) is 2. The van der Waals surface area contributed by atoms with Crippen molar-refractivity contribution in [3.63, 3.8) is 0 Å². The van der Waals surface area contributed by atoms with E-state index >= 15 is 0 Å². The number of benzene rings is 2. The summed E-state index contributed by atoms with van der Waals surface area (Å²) in [5.74, 6) is -2.27. The molecule has 0 radical (unpaired) electrons. The van der Waals surface area contributed by atoms with Crippen molar-refractivity contribution in [2.24, 2.45) is 0 Å². The lowest BCUT2D eigenvalue weighted by Gasteiger charge is -2.24. The highest BCUT2D eigenvalue weighted by atomic mass is 35.5. The number of hydrogen-bond acceptors (Lipinski definition) is 6. The number of aryl methyl sites for hydroxylation is 1. The highest BCUT2D eigenvalue weighted by Crippen LogP contribution is 2.47. The molecule has 0 bridgehead atoms. The zero-order chi connectivity index (χ0) is 27.9. The Hall–Kier alpha value is -3.63. The summed E-state index contributed by atoms with van der Waals surface area (Å²) in [7, 11) is 2.59. The molecule has 12 heteroatoms. The number of carbonyl (C=O) groups excluding carboxylic acids is 2. The van der Waals surface area contributed by atoms with Gasteiger partial charge in [0.15, 0.2) is 11.5 Å². The van der Waals surface area contributed by atoms with Crippen LogP contribution in [0.2, 0.25) is 10.0 Å². The molecule has 1 amide bonds. The number of hydrogen-bond donors (Lipinski definition) is 1. The molecule has 1 aliphatic rings. The SMILES string of the molecule is COc1c(Cl)cc(/C(O)=C2\C(=O)C(=O)N(Cc3cccc(C(F)(F)F)c3)C2c2ccc(C)o2)c(OC)c1Cl. The lowest BCUT2D eigenvalue weighted by Crippen LogP contribution is -2.29. The van der Waals surface area contributed by atoms with Crippen molar-refractivity contribution in [3.05, 3.63) is 86.3 Å². The summed E-state index contributed by atoms with van der Waals surface area (Å²) in [6, 6.07) is 7.45. The highest BCUT2D eigenvalue weighted by Gasteiger charge is 2.48. The molecule has 2 heterocycles. The van der Waals surface area contributed by atoms with Crippen molar-refractivity contribution in [3.8, 4) is 11.5 Å². The third-order valence-corrected chi connectivity index (χ3v) is 6.60. The van der Waals surface area contributed by atoms with Gasteiger partial charge in [0.1, 0.15) is 28.3 Å². The highest BCUT2D eigenvalue weighted by molar-refractivity contribution is 6.46. The summed E-state index contributed by atoms with van der Waals surface area (Å²) in [5, 5.41) is 11.3. The lowest BCUT2D eigenvalue weighted by atomic mass is 9.98. The van der Waals surface area contributed by atoms with E-state index in [1.165, 1.54) is 38.5 Å². The van der Waals surface area contributed by atoms with Crippen LogP contribution in [-0.2, 0) is 22.3 Å². The number of alkyl halides is 3. The molecule has 0 saturated carbocycles. The number of furan rings is 1. The monoisotopic (exact) mass is 569 g/mol. The van der Waals surface area contributed by atoms with Crippen LogP contribution in [0.5, 0.6) is 11.5 Å². The van der Waals surface area contributed by atoms with Gasteiger partial charge in [-0.1, -0.05) is 35.3 Å². The average molecular weight is 570 g/mol. The van der Waals surface area contributed by atoms with Crippen molar-refractivity contribution in [2.75, 3.05) is 14.2 Å². The molecule has 1 fully saturated rings. The van der Waals surface area contributed by atoms with Gasteiger partial charge in [0.2, 0.25) is 0 Å². The standard InChI is InChI=1S/C26H20Cl2F3NO6/c1-12-7-8-17(38-12)20-18(21(33)15-10-16(27)24(37-3)19(28)23(15)36-2)22(34)25(35)32(20)11-13-5-4-6-14(9-13)26(29,30)31/h4-10,20,33H,11H2,1-3H3/b21-18+. The molecule has 1 aromatic heterocycles. The fourth-order valence-corrected chi connectivity index (χ4v) is 4.96. The number of aliphatic hydroxyl groups is 1. The van der Waals surface area contributed by atoms with Crippen LogP contribution < -0.4 is 9.47 Å². The van der Waals surface area contributed by atoms with Gasteiger partial charge >= 0.3 is 6.18 Å². The summed E-state index contributed by atoms with van der Waals surface area (Å²) in [6.07, 6.45) is -4.61. The number of likely N-dealkylation sites (tertiary alicyclic amines) is 1. The minimum atomic E-state index is -4.61. The molecule has 1 N–H and O–H groups in total. The Bertz CT molecular complexity index is 1460. The van der Waals surface area contributed by atoms with Gasteiger partial charge in [0.05, 0.1) is 35.9 Å². The molecule has 4 rings (SSSR count). The van der Waals surface area contributed by atoms with Crippen LogP contribution in [0, 0.1) is 6.92 Å². The van der Waals surface area contributed by atoms with Crippen molar-refractivity contribution >= 4 is 40.7 Å². The van der Waals surface area contributed by atoms with Crippen molar-refractivity contribution in [1.82, 2.24) is 4.90 Å². The third-order valence-electron chi connectivity index (χ3n) is 5.97. The van der Waals surface area contributed by atoms with Gasteiger partial charge in [0.25, 0.3) is 11.7 Å². The van der Waals surface area contributed by atoms with Crippen LogP contribution in [0.25, 0.3) is 5.76 Å². The number of methoxy groups -OCH3 is 2. The first-order valence-corrected chi connectivity index (χ1v) is 11.8. The summed E-state index contributed by atoms with van der Waals surface area (Å²) in [4.78, 5) is 27.5. The lowest BCUT2D eigenvalue weighted by molar-refractivity contribution is -0.140. The molecule has 200 valence electrons.